The smallest absolute Gasteiger partial charge is 0.255 e. The molecule has 3 N–H and O–H groups in total. The summed E-state index contributed by atoms with van der Waals surface area (Å²) < 4.78 is 1.84. The number of carbonyl (C=O) groups excluding carboxylic acids is 1. The van der Waals surface area contributed by atoms with E-state index in [-0.39, 0.29) is 5.91 Å². The largest absolute Gasteiger partial charge is 0.397 e. The number of hydrogen-bond acceptors (Lipinski definition) is 4. The Balaban J connectivity index is 1.47. The van der Waals surface area contributed by atoms with Crippen molar-refractivity contribution < 1.29 is 4.79 Å². The van der Waals surface area contributed by atoms with E-state index in [4.69, 9.17) is 5.73 Å². The molecule has 0 aliphatic rings. The van der Waals surface area contributed by atoms with Crippen LogP contribution in [0.25, 0.3) is 11.0 Å². The quantitative estimate of drug-likeness (QED) is 0.557. The number of para-hydroxylation sites is 2. The molecular weight excluding hydrogens is 326 g/mol. The summed E-state index contributed by atoms with van der Waals surface area (Å²) in [6, 6.07) is 18.5. The molecule has 4 aromatic rings. The topological polar surface area (TPSA) is 85.8 Å². The maximum absolute atomic E-state index is 12.4. The molecule has 2 heterocycles. The van der Waals surface area contributed by atoms with E-state index in [1.54, 1.807) is 30.5 Å². The summed E-state index contributed by atoms with van der Waals surface area (Å²) >= 11 is 0. The van der Waals surface area contributed by atoms with Crippen LogP contribution in [0.15, 0.2) is 73.1 Å². The van der Waals surface area contributed by atoms with Crippen LogP contribution in [0.4, 0.5) is 11.4 Å². The lowest BCUT2D eigenvalue weighted by atomic mass is 10.1. The average molecular weight is 343 g/mol. The molecule has 0 spiro atoms. The predicted octanol–water partition coefficient (Wildman–Crippen LogP) is 3.31. The van der Waals surface area contributed by atoms with E-state index in [0.717, 1.165) is 16.6 Å². The van der Waals surface area contributed by atoms with Crippen LogP contribution < -0.4 is 11.1 Å². The van der Waals surface area contributed by atoms with Crippen molar-refractivity contribution in [2.24, 2.45) is 0 Å². The van der Waals surface area contributed by atoms with Crippen LogP contribution in [-0.2, 0) is 6.54 Å². The molecule has 0 aliphatic carbocycles. The number of rotatable bonds is 4. The van der Waals surface area contributed by atoms with E-state index in [1.807, 2.05) is 47.3 Å². The molecule has 1 amide bonds. The maximum atomic E-state index is 12.4. The minimum absolute atomic E-state index is 0.191. The van der Waals surface area contributed by atoms with E-state index in [0.29, 0.717) is 23.5 Å². The first-order chi connectivity index (χ1) is 12.7. The van der Waals surface area contributed by atoms with Gasteiger partial charge in [0.25, 0.3) is 5.91 Å². The third-order valence-electron chi connectivity index (χ3n) is 4.10. The highest BCUT2D eigenvalue weighted by atomic mass is 16.1. The first kappa shape index (κ1) is 15.8. The van der Waals surface area contributed by atoms with Gasteiger partial charge >= 0.3 is 0 Å². The van der Waals surface area contributed by atoms with Gasteiger partial charge in [-0.15, -0.1) is 0 Å². The third-order valence-corrected chi connectivity index (χ3v) is 4.10. The van der Waals surface area contributed by atoms with Gasteiger partial charge in [-0.3, -0.25) is 9.48 Å². The Morgan fingerprint density at radius 3 is 2.62 bits per heavy atom. The summed E-state index contributed by atoms with van der Waals surface area (Å²) in [5.41, 5.74) is 9.36. The Morgan fingerprint density at radius 1 is 1.04 bits per heavy atom. The molecule has 0 saturated heterocycles. The summed E-state index contributed by atoms with van der Waals surface area (Å²) in [6.07, 6.45) is 3.69. The van der Waals surface area contributed by atoms with Crippen molar-refractivity contribution in [3.05, 3.63) is 84.2 Å². The number of amides is 1. The first-order valence-corrected chi connectivity index (χ1v) is 8.22. The average Bonchev–Trinajstić information content (AvgIpc) is 3.06. The highest BCUT2D eigenvalue weighted by Crippen LogP contribution is 2.18. The lowest BCUT2D eigenvalue weighted by Gasteiger charge is -2.08. The molecule has 0 bridgehead atoms. The SMILES string of the molecule is Nc1ccccc1NC(=O)c1ccc(Cn2cc3cccnc3n2)cc1. The second kappa shape index (κ2) is 6.68. The summed E-state index contributed by atoms with van der Waals surface area (Å²) in [5.74, 6) is -0.191. The standard InChI is InChI=1S/C20H17N5O/c21-17-5-1-2-6-18(17)23-20(26)15-9-7-14(8-10-15)12-25-13-16-4-3-11-22-19(16)24-25/h1-11,13H,12,21H2,(H,23,26). The highest BCUT2D eigenvalue weighted by molar-refractivity contribution is 6.05. The number of hydrogen-bond donors (Lipinski definition) is 2. The van der Waals surface area contributed by atoms with Gasteiger partial charge in [0.15, 0.2) is 5.65 Å². The molecule has 0 aliphatic heterocycles. The van der Waals surface area contributed by atoms with E-state index in [2.05, 4.69) is 15.4 Å². The number of anilines is 2. The molecule has 0 atom stereocenters. The van der Waals surface area contributed by atoms with Crippen molar-refractivity contribution in [1.29, 1.82) is 0 Å². The molecule has 2 aromatic heterocycles. The number of nitrogens with one attached hydrogen (secondary N) is 1. The Bertz CT molecular complexity index is 1040. The Hall–Kier alpha value is -3.67. The fourth-order valence-electron chi connectivity index (χ4n) is 2.74. The van der Waals surface area contributed by atoms with Crippen molar-refractivity contribution in [3.8, 4) is 0 Å². The van der Waals surface area contributed by atoms with Gasteiger partial charge in [0.05, 0.1) is 17.9 Å². The maximum Gasteiger partial charge on any atom is 0.255 e. The highest BCUT2D eigenvalue weighted by Gasteiger charge is 2.08. The number of nitrogens with zero attached hydrogens (tertiary/aromatic N) is 3. The van der Waals surface area contributed by atoms with Crippen molar-refractivity contribution in [3.63, 3.8) is 0 Å². The fraction of sp³-hybridized carbons (Fsp3) is 0.0500. The molecule has 0 saturated carbocycles. The van der Waals surface area contributed by atoms with Crippen molar-refractivity contribution in [2.45, 2.75) is 6.54 Å². The summed E-state index contributed by atoms with van der Waals surface area (Å²) in [7, 11) is 0. The zero-order valence-electron chi connectivity index (χ0n) is 14.0. The second-order valence-electron chi connectivity index (χ2n) is 5.98. The molecule has 0 radical (unpaired) electrons. The van der Waals surface area contributed by atoms with Gasteiger partial charge in [-0.1, -0.05) is 24.3 Å². The van der Waals surface area contributed by atoms with Gasteiger partial charge in [0, 0.05) is 23.3 Å². The van der Waals surface area contributed by atoms with E-state index in [1.165, 1.54) is 0 Å². The lowest BCUT2D eigenvalue weighted by Crippen LogP contribution is -2.13. The molecule has 6 heteroatoms. The monoisotopic (exact) mass is 343 g/mol. The van der Waals surface area contributed by atoms with Gasteiger partial charge in [0.2, 0.25) is 0 Å². The van der Waals surface area contributed by atoms with E-state index >= 15 is 0 Å². The molecule has 128 valence electrons. The zero-order chi connectivity index (χ0) is 17.9. The van der Waals surface area contributed by atoms with Crippen LogP contribution in [0.2, 0.25) is 0 Å². The van der Waals surface area contributed by atoms with Crippen molar-refractivity contribution in [1.82, 2.24) is 14.8 Å². The molecule has 2 aromatic carbocycles. The first-order valence-electron chi connectivity index (χ1n) is 8.22. The number of fused-ring (bicyclic) bond motifs is 1. The molecule has 6 nitrogen and oxygen atoms in total. The Morgan fingerprint density at radius 2 is 1.85 bits per heavy atom. The van der Waals surface area contributed by atoms with Crippen LogP contribution >= 0.6 is 0 Å². The predicted molar refractivity (Wildman–Crippen MR) is 102 cm³/mol. The van der Waals surface area contributed by atoms with Crippen LogP contribution in [0.1, 0.15) is 15.9 Å². The molecule has 26 heavy (non-hydrogen) atoms. The Labute approximate surface area is 150 Å². The van der Waals surface area contributed by atoms with Crippen molar-refractivity contribution in [2.75, 3.05) is 11.1 Å². The number of nitrogens with two attached hydrogens (primary N) is 1. The number of nitrogen functional groups attached to an aromatic ring is 1. The molecule has 4 rings (SSSR count). The summed E-state index contributed by atoms with van der Waals surface area (Å²) in [5, 5.41) is 8.27. The number of benzene rings is 2. The van der Waals surface area contributed by atoms with Gasteiger partial charge in [-0.2, -0.15) is 5.10 Å². The minimum Gasteiger partial charge on any atom is -0.397 e. The summed E-state index contributed by atoms with van der Waals surface area (Å²) in [4.78, 5) is 16.6. The molecular formula is C20H17N5O. The van der Waals surface area contributed by atoms with E-state index < -0.39 is 0 Å². The lowest BCUT2D eigenvalue weighted by molar-refractivity contribution is 0.102. The van der Waals surface area contributed by atoms with Gasteiger partial charge in [0.1, 0.15) is 0 Å². The fourth-order valence-corrected chi connectivity index (χ4v) is 2.74. The van der Waals surface area contributed by atoms with Crippen LogP contribution in [0, 0.1) is 0 Å². The third kappa shape index (κ3) is 3.25. The van der Waals surface area contributed by atoms with Crippen LogP contribution in [0.5, 0.6) is 0 Å². The number of carbonyl (C=O) groups is 1. The normalized spacial score (nSPS) is 10.8. The second-order valence-corrected chi connectivity index (χ2v) is 5.98. The number of aromatic nitrogens is 3. The van der Waals surface area contributed by atoms with Crippen molar-refractivity contribution >= 4 is 28.3 Å². The van der Waals surface area contributed by atoms with Crippen LogP contribution in [0.3, 0.4) is 0 Å². The van der Waals surface area contributed by atoms with E-state index in [9.17, 15) is 4.79 Å². The minimum atomic E-state index is -0.191. The zero-order valence-corrected chi connectivity index (χ0v) is 14.0. The molecule has 0 unspecified atom stereocenters. The van der Waals surface area contributed by atoms with Gasteiger partial charge < -0.3 is 11.1 Å². The number of pyridine rings is 1. The summed E-state index contributed by atoms with van der Waals surface area (Å²) in [6.45, 7) is 0.615. The van der Waals surface area contributed by atoms with Gasteiger partial charge in [-0.25, -0.2) is 4.98 Å². The van der Waals surface area contributed by atoms with Crippen LogP contribution in [-0.4, -0.2) is 20.7 Å². The van der Waals surface area contributed by atoms with Gasteiger partial charge in [-0.05, 0) is 42.0 Å². The molecule has 0 fully saturated rings. The Kier molecular flexibility index (Phi) is 4.07.